The molecule has 8 nitrogen and oxygen atoms in total. The van der Waals surface area contributed by atoms with Gasteiger partial charge in [-0.1, -0.05) is 30.3 Å². The summed E-state index contributed by atoms with van der Waals surface area (Å²) in [5.74, 6) is -1.05. The molecule has 2 heterocycles. The first-order chi connectivity index (χ1) is 15.3. The van der Waals surface area contributed by atoms with Crippen LogP contribution in [0, 0.1) is 0 Å². The number of ether oxygens (including phenoxy) is 1. The van der Waals surface area contributed by atoms with Gasteiger partial charge in [0.2, 0.25) is 5.91 Å². The van der Waals surface area contributed by atoms with Gasteiger partial charge in [-0.3, -0.25) is 19.4 Å². The number of methoxy groups -OCH3 is 1. The molecule has 1 aromatic heterocycles. The van der Waals surface area contributed by atoms with E-state index < -0.39 is 11.3 Å². The molecule has 0 radical (unpaired) electrons. The van der Waals surface area contributed by atoms with Gasteiger partial charge in [0.1, 0.15) is 5.75 Å². The average Bonchev–Trinajstić information content (AvgIpc) is 3.19. The molecule has 2 aromatic carbocycles. The summed E-state index contributed by atoms with van der Waals surface area (Å²) in [7, 11) is 1.32. The molecule has 1 aliphatic heterocycles. The lowest BCUT2D eigenvalue weighted by atomic mass is 9.80. The van der Waals surface area contributed by atoms with Crippen LogP contribution in [0.4, 0.5) is 0 Å². The van der Waals surface area contributed by atoms with Crippen LogP contribution < -0.4 is 5.73 Å². The highest BCUT2D eigenvalue weighted by molar-refractivity contribution is 6.14. The number of nitrogens with two attached hydrogens (primary N) is 1. The SMILES string of the molecule is COC(=O)CCC(C)(C(N)=O)c1ccc2ccccc2n1.O=C1N=Cc2c(O)cccc21. The Kier molecular flexibility index (Phi) is 6.63. The zero-order valence-corrected chi connectivity index (χ0v) is 17.7. The van der Waals surface area contributed by atoms with Crippen LogP contribution >= 0.6 is 0 Å². The predicted octanol–water partition coefficient (Wildman–Crippen LogP) is 2.90. The number of carbonyl (C=O) groups is 3. The summed E-state index contributed by atoms with van der Waals surface area (Å²) in [6.45, 7) is 1.70. The van der Waals surface area contributed by atoms with E-state index in [2.05, 4.69) is 14.7 Å². The topological polar surface area (TPSA) is 132 Å². The number of esters is 1. The van der Waals surface area contributed by atoms with Gasteiger partial charge in [0, 0.05) is 23.6 Å². The summed E-state index contributed by atoms with van der Waals surface area (Å²) in [4.78, 5) is 42.2. The molecule has 32 heavy (non-hydrogen) atoms. The Labute approximate surface area is 184 Å². The first-order valence-electron chi connectivity index (χ1n) is 9.89. The molecule has 3 N–H and O–H groups in total. The van der Waals surface area contributed by atoms with E-state index in [0.29, 0.717) is 16.8 Å². The molecule has 1 atom stereocenters. The fourth-order valence-electron chi connectivity index (χ4n) is 3.27. The van der Waals surface area contributed by atoms with Crippen molar-refractivity contribution in [1.29, 1.82) is 0 Å². The van der Waals surface area contributed by atoms with Crippen molar-refractivity contribution in [3.05, 3.63) is 71.4 Å². The van der Waals surface area contributed by atoms with Crippen LogP contribution in [-0.2, 0) is 19.7 Å². The first-order valence-corrected chi connectivity index (χ1v) is 9.89. The van der Waals surface area contributed by atoms with Gasteiger partial charge in [-0.2, -0.15) is 0 Å². The maximum atomic E-state index is 11.9. The minimum atomic E-state index is -1.00. The van der Waals surface area contributed by atoms with Crippen molar-refractivity contribution in [2.45, 2.75) is 25.2 Å². The van der Waals surface area contributed by atoms with E-state index >= 15 is 0 Å². The summed E-state index contributed by atoms with van der Waals surface area (Å²) >= 11 is 0. The minimum Gasteiger partial charge on any atom is -0.507 e. The van der Waals surface area contributed by atoms with Gasteiger partial charge < -0.3 is 15.6 Å². The largest absolute Gasteiger partial charge is 0.507 e. The number of carbonyl (C=O) groups excluding carboxylic acids is 3. The summed E-state index contributed by atoms with van der Waals surface area (Å²) in [6.07, 6.45) is 1.76. The fourth-order valence-corrected chi connectivity index (χ4v) is 3.27. The Balaban J connectivity index is 0.000000219. The van der Waals surface area contributed by atoms with Gasteiger partial charge in [0.25, 0.3) is 5.91 Å². The Hall–Kier alpha value is -4.07. The number of hydrogen-bond donors (Lipinski definition) is 2. The summed E-state index contributed by atoms with van der Waals surface area (Å²) in [6, 6.07) is 16.1. The molecule has 0 saturated heterocycles. The van der Waals surface area contributed by atoms with Crippen LogP contribution in [0.5, 0.6) is 5.75 Å². The highest BCUT2D eigenvalue weighted by atomic mass is 16.5. The minimum absolute atomic E-state index is 0.108. The average molecular weight is 433 g/mol. The van der Waals surface area contributed by atoms with Crippen LogP contribution in [0.2, 0.25) is 0 Å². The van der Waals surface area contributed by atoms with Crippen molar-refractivity contribution in [3.63, 3.8) is 0 Å². The van der Waals surface area contributed by atoms with E-state index in [9.17, 15) is 19.5 Å². The van der Waals surface area contributed by atoms with Crippen molar-refractivity contribution in [3.8, 4) is 5.75 Å². The maximum absolute atomic E-state index is 11.9. The predicted molar refractivity (Wildman–Crippen MR) is 120 cm³/mol. The Morgan fingerprint density at radius 3 is 2.53 bits per heavy atom. The maximum Gasteiger partial charge on any atom is 0.305 e. The number of phenolic OH excluding ortho intramolecular Hbond substituents is 1. The van der Waals surface area contributed by atoms with Crippen LogP contribution in [0.3, 0.4) is 0 Å². The molecule has 0 bridgehead atoms. The highest BCUT2D eigenvalue weighted by Crippen LogP contribution is 2.29. The van der Waals surface area contributed by atoms with Crippen molar-refractivity contribution < 1.29 is 24.2 Å². The molecular formula is C24H23N3O5. The van der Waals surface area contributed by atoms with Gasteiger partial charge in [0.05, 0.1) is 29.3 Å². The van der Waals surface area contributed by atoms with Gasteiger partial charge in [0.15, 0.2) is 0 Å². The standard InChI is InChI=1S/C16H18N2O3.C8H5NO2/c1-16(15(17)20,10-9-14(19)21-2)13-8-7-11-5-3-4-6-12(11)18-13;10-7-3-1-2-5-6(7)4-9-8(5)11/h3-8H,9-10H2,1-2H3,(H2,17,20);1-4,10H. The lowest BCUT2D eigenvalue weighted by molar-refractivity contribution is -0.141. The third kappa shape index (κ3) is 4.64. The van der Waals surface area contributed by atoms with Crippen molar-refractivity contribution in [2.24, 2.45) is 10.7 Å². The van der Waals surface area contributed by atoms with E-state index in [0.717, 1.165) is 10.9 Å². The van der Waals surface area contributed by atoms with Gasteiger partial charge >= 0.3 is 5.97 Å². The second-order valence-corrected chi connectivity index (χ2v) is 7.46. The second-order valence-electron chi connectivity index (χ2n) is 7.46. The fraction of sp³-hybridized carbons (Fsp3) is 0.208. The number of primary amides is 1. The van der Waals surface area contributed by atoms with Crippen molar-refractivity contribution in [1.82, 2.24) is 4.98 Å². The lowest BCUT2D eigenvalue weighted by Crippen LogP contribution is -2.39. The molecule has 1 unspecified atom stereocenters. The summed E-state index contributed by atoms with van der Waals surface area (Å²) < 4.78 is 4.62. The van der Waals surface area contributed by atoms with Gasteiger partial charge in [-0.05, 0) is 37.6 Å². The van der Waals surface area contributed by atoms with Gasteiger partial charge in [-0.15, -0.1) is 0 Å². The molecule has 0 fully saturated rings. The number of aromatic hydroxyl groups is 1. The van der Waals surface area contributed by atoms with E-state index in [4.69, 9.17) is 5.73 Å². The third-order valence-electron chi connectivity index (χ3n) is 5.39. The van der Waals surface area contributed by atoms with Crippen LogP contribution in [-0.4, -0.2) is 41.2 Å². The van der Waals surface area contributed by atoms with E-state index in [1.807, 2.05) is 30.3 Å². The van der Waals surface area contributed by atoms with E-state index in [-0.39, 0.29) is 30.5 Å². The molecule has 0 spiro atoms. The zero-order valence-electron chi connectivity index (χ0n) is 17.7. The quantitative estimate of drug-likeness (QED) is 0.595. The summed E-state index contributed by atoms with van der Waals surface area (Å²) in [5, 5.41) is 10.2. The zero-order chi connectivity index (χ0) is 23.3. The molecule has 1 aliphatic rings. The number of hydrogen-bond acceptors (Lipinski definition) is 6. The Morgan fingerprint density at radius 2 is 1.84 bits per heavy atom. The molecule has 0 aliphatic carbocycles. The molecule has 0 saturated carbocycles. The number of phenols is 1. The van der Waals surface area contributed by atoms with Crippen LogP contribution in [0.25, 0.3) is 10.9 Å². The second kappa shape index (κ2) is 9.38. The number of aliphatic imine (C=N–C) groups is 1. The van der Waals surface area contributed by atoms with E-state index in [1.54, 1.807) is 25.1 Å². The van der Waals surface area contributed by atoms with Crippen LogP contribution in [0.1, 0.15) is 41.4 Å². The van der Waals surface area contributed by atoms with Crippen LogP contribution in [0.15, 0.2) is 59.6 Å². The number of nitrogens with zero attached hydrogens (tertiary/aromatic N) is 2. The highest BCUT2D eigenvalue weighted by Gasteiger charge is 2.35. The third-order valence-corrected chi connectivity index (χ3v) is 5.39. The monoisotopic (exact) mass is 433 g/mol. The smallest absolute Gasteiger partial charge is 0.305 e. The molecule has 164 valence electrons. The molecule has 4 rings (SSSR count). The molecule has 2 amide bonds. The number of aromatic nitrogens is 1. The number of fused-ring (bicyclic) bond motifs is 2. The van der Waals surface area contributed by atoms with E-state index in [1.165, 1.54) is 19.4 Å². The van der Waals surface area contributed by atoms with Crippen molar-refractivity contribution in [2.75, 3.05) is 7.11 Å². The first kappa shape index (κ1) is 22.6. The number of benzene rings is 2. The lowest BCUT2D eigenvalue weighted by Gasteiger charge is -2.25. The number of para-hydroxylation sites is 1. The molecule has 8 heteroatoms. The normalized spacial score (nSPS) is 13.6. The number of pyridine rings is 1. The number of amides is 2. The van der Waals surface area contributed by atoms with Gasteiger partial charge in [-0.25, -0.2) is 4.99 Å². The summed E-state index contributed by atoms with van der Waals surface area (Å²) in [5.41, 5.74) is 6.90. The number of rotatable bonds is 5. The van der Waals surface area contributed by atoms with Crippen molar-refractivity contribution >= 4 is 34.9 Å². The molecular weight excluding hydrogens is 410 g/mol. The Morgan fingerprint density at radius 1 is 1.09 bits per heavy atom. The molecule has 3 aromatic rings. The Bertz CT molecular complexity index is 1220.